The number of piperidine rings is 1. The van der Waals surface area contributed by atoms with Crippen molar-refractivity contribution in [2.75, 3.05) is 45.8 Å². The zero-order valence-corrected chi connectivity index (χ0v) is 16.8. The summed E-state index contributed by atoms with van der Waals surface area (Å²) in [7, 11) is -3.42. The van der Waals surface area contributed by atoms with Gasteiger partial charge in [-0.25, -0.2) is 8.42 Å². The Bertz CT molecular complexity index is 756. The van der Waals surface area contributed by atoms with E-state index in [1.165, 1.54) is 21.0 Å². The second-order valence-electron chi connectivity index (χ2n) is 7.67. The molecular formula is C20H30N3O3S+. The summed E-state index contributed by atoms with van der Waals surface area (Å²) in [5, 5.41) is 1.29. The van der Waals surface area contributed by atoms with Gasteiger partial charge >= 0.3 is 0 Å². The number of piperazine rings is 1. The van der Waals surface area contributed by atoms with Gasteiger partial charge in [-0.2, -0.15) is 4.31 Å². The van der Waals surface area contributed by atoms with Crippen molar-refractivity contribution in [2.24, 2.45) is 5.92 Å². The number of hydrogen-bond acceptors (Lipinski definition) is 3. The normalized spacial score (nSPS) is 23.0. The van der Waals surface area contributed by atoms with E-state index in [4.69, 9.17) is 0 Å². The maximum Gasteiger partial charge on any atom is 0.277 e. The maximum atomic E-state index is 12.5. The summed E-state index contributed by atoms with van der Waals surface area (Å²) in [5.74, 6) is 0.785. The third kappa shape index (κ3) is 5.64. The van der Waals surface area contributed by atoms with E-state index in [-0.39, 0.29) is 5.91 Å². The van der Waals surface area contributed by atoms with Crippen LogP contribution >= 0.6 is 0 Å². The Kier molecular flexibility index (Phi) is 6.68. The standard InChI is InChI=1S/C20H29N3O3S/c1-18-6-5-10-22(16-18)20(24)17-21-11-13-23(14-12-21)27(25,26)15-9-19-7-3-2-4-8-19/h2-4,7-9,15,18H,5-6,10-14,16-17H2,1H3/p+1/b15-9+/t18-/m1/s1. The number of quaternary nitrogens is 1. The van der Waals surface area contributed by atoms with Crippen molar-refractivity contribution in [1.29, 1.82) is 0 Å². The molecule has 1 atom stereocenters. The minimum atomic E-state index is -3.42. The Morgan fingerprint density at radius 3 is 2.56 bits per heavy atom. The van der Waals surface area contributed by atoms with E-state index in [0.29, 0.717) is 38.6 Å². The monoisotopic (exact) mass is 392 g/mol. The van der Waals surface area contributed by atoms with Crippen LogP contribution in [-0.4, -0.2) is 69.3 Å². The molecule has 1 aromatic rings. The lowest BCUT2D eigenvalue weighted by molar-refractivity contribution is -0.896. The molecule has 0 aliphatic carbocycles. The number of sulfonamides is 1. The van der Waals surface area contributed by atoms with Crippen molar-refractivity contribution in [3.63, 3.8) is 0 Å². The zero-order chi connectivity index (χ0) is 19.3. The highest BCUT2D eigenvalue weighted by Crippen LogP contribution is 2.15. The fourth-order valence-corrected chi connectivity index (χ4v) is 4.98. The molecule has 7 heteroatoms. The summed E-state index contributed by atoms with van der Waals surface area (Å²) < 4.78 is 26.6. The molecule has 0 aromatic heterocycles. The average molecular weight is 393 g/mol. The Balaban J connectivity index is 1.49. The summed E-state index contributed by atoms with van der Waals surface area (Å²) in [5.41, 5.74) is 0.867. The molecule has 1 aromatic carbocycles. The molecule has 0 bridgehead atoms. The van der Waals surface area contributed by atoms with Crippen molar-refractivity contribution in [2.45, 2.75) is 19.8 Å². The Hall–Kier alpha value is -1.70. The number of amides is 1. The Morgan fingerprint density at radius 2 is 1.89 bits per heavy atom. The molecule has 3 rings (SSSR count). The maximum absolute atomic E-state index is 12.5. The number of nitrogens with one attached hydrogen (secondary N) is 1. The van der Waals surface area contributed by atoms with Crippen LogP contribution in [-0.2, 0) is 14.8 Å². The fourth-order valence-electron chi connectivity index (χ4n) is 3.79. The van der Waals surface area contributed by atoms with E-state index < -0.39 is 10.0 Å². The van der Waals surface area contributed by atoms with Crippen LogP contribution in [0.1, 0.15) is 25.3 Å². The van der Waals surface area contributed by atoms with E-state index in [1.54, 1.807) is 6.08 Å². The molecule has 1 N–H and O–H groups in total. The van der Waals surface area contributed by atoms with Gasteiger partial charge in [-0.1, -0.05) is 37.3 Å². The van der Waals surface area contributed by atoms with Crippen LogP contribution < -0.4 is 4.90 Å². The number of nitrogens with zero attached hydrogens (tertiary/aromatic N) is 2. The van der Waals surface area contributed by atoms with Gasteiger partial charge in [0.2, 0.25) is 10.0 Å². The smallest absolute Gasteiger partial charge is 0.277 e. The topological polar surface area (TPSA) is 62.1 Å². The predicted octanol–water partition coefficient (Wildman–Crippen LogP) is 0.446. The fraction of sp³-hybridized carbons (Fsp3) is 0.550. The number of carbonyl (C=O) groups excluding carboxylic acids is 1. The summed E-state index contributed by atoms with van der Waals surface area (Å²) in [6.07, 6.45) is 3.92. The van der Waals surface area contributed by atoms with Crippen LogP contribution in [0, 0.1) is 5.92 Å². The highest BCUT2D eigenvalue weighted by Gasteiger charge is 2.30. The van der Waals surface area contributed by atoms with Crippen molar-refractivity contribution >= 4 is 22.0 Å². The summed E-state index contributed by atoms with van der Waals surface area (Å²) in [6, 6.07) is 9.42. The van der Waals surface area contributed by atoms with E-state index in [1.807, 2.05) is 35.2 Å². The largest absolute Gasteiger partial charge is 0.338 e. The zero-order valence-electron chi connectivity index (χ0n) is 16.0. The summed E-state index contributed by atoms with van der Waals surface area (Å²) >= 11 is 0. The third-order valence-electron chi connectivity index (χ3n) is 5.43. The number of rotatable bonds is 5. The van der Waals surface area contributed by atoms with E-state index in [0.717, 1.165) is 25.1 Å². The van der Waals surface area contributed by atoms with Gasteiger partial charge in [0.25, 0.3) is 5.91 Å². The van der Waals surface area contributed by atoms with Crippen molar-refractivity contribution in [1.82, 2.24) is 9.21 Å². The minimum Gasteiger partial charge on any atom is -0.338 e. The van der Waals surface area contributed by atoms with Gasteiger partial charge in [-0.15, -0.1) is 0 Å². The van der Waals surface area contributed by atoms with Gasteiger partial charge in [0.15, 0.2) is 6.54 Å². The first-order valence-corrected chi connectivity index (χ1v) is 11.3. The van der Waals surface area contributed by atoms with Gasteiger partial charge < -0.3 is 9.80 Å². The van der Waals surface area contributed by atoms with Gasteiger partial charge in [-0.05, 0) is 30.4 Å². The van der Waals surface area contributed by atoms with Crippen molar-refractivity contribution < 1.29 is 18.1 Å². The van der Waals surface area contributed by atoms with Gasteiger partial charge in [0, 0.05) is 18.5 Å². The van der Waals surface area contributed by atoms with Crippen molar-refractivity contribution in [3.05, 3.63) is 41.3 Å². The van der Waals surface area contributed by atoms with Crippen LogP contribution in [0.2, 0.25) is 0 Å². The number of benzene rings is 1. The Labute approximate surface area is 162 Å². The summed E-state index contributed by atoms with van der Waals surface area (Å²) in [6.45, 7) is 6.65. The SMILES string of the molecule is C[C@@H]1CCCN(C(=O)C[NH+]2CCN(S(=O)(=O)/C=C/c3ccccc3)CC2)C1. The number of hydrogen-bond donors (Lipinski definition) is 1. The molecule has 1 amide bonds. The minimum absolute atomic E-state index is 0.205. The molecule has 0 saturated carbocycles. The quantitative estimate of drug-likeness (QED) is 0.791. The highest BCUT2D eigenvalue weighted by molar-refractivity contribution is 7.92. The molecule has 6 nitrogen and oxygen atoms in total. The van der Waals surface area contributed by atoms with Gasteiger partial charge in [0.1, 0.15) is 0 Å². The first-order chi connectivity index (χ1) is 12.9. The average Bonchev–Trinajstić information content (AvgIpc) is 2.68. The first kappa shape index (κ1) is 20.0. The van der Waals surface area contributed by atoms with E-state index in [9.17, 15) is 13.2 Å². The third-order valence-corrected chi connectivity index (χ3v) is 7.00. The van der Waals surface area contributed by atoms with Crippen LogP contribution in [0.4, 0.5) is 0 Å². The molecule has 0 spiro atoms. The second-order valence-corrected chi connectivity index (χ2v) is 9.49. The van der Waals surface area contributed by atoms with Crippen LogP contribution in [0.25, 0.3) is 6.08 Å². The first-order valence-electron chi connectivity index (χ1n) is 9.79. The number of likely N-dealkylation sites (tertiary alicyclic amines) is 1. The molecule has 27 heavy (non-hydrogen) atoms. The molecule has 148 valence electrons. The predicted molar refractivity (Wildman–Crippen MR) is 107 cm³/mol. The molecule has 2 fully saturated rings. The van der Waals surface area contributed by atoms with Crippen LogP contribution in [0.3, 0.4) is 0 Å². The van der Waals surface area contributed by atoms with E-state index >= 15 is 0 Å². The van der Waals surface area contributed by atoms with Crippen LogP contribution in [0.15, 0.2) is 35.7 Å². The Morgan fingerprint density at radius 1 is 1.19 bits per heavy atom. The lowest BCUT2D eigenvalue weighted by Gasteiger charge is -2.34. The summed E-state index contributed by atoms with van der Waals surface area (Å²) in [4.78, 5) is 15.7. The lowest BCUT2D eigenvalue weighted by atomic mass is 10.0. The number of carbonyl (C=O) groups is 1. The second kappa shape index (κ2) is 8.99. The molecule has 2 saturated heterocycles. The van der Waals surface area contributed by atoms with Gasteiger partial charge in [0.05, 0.1) is 26.2 Å². The van der Waals surface area contributed by atoms with Gasteiger partial charge in [-0.3, -0.25) is 4.79 Å². The van der Waals surface area contributed by atoms with Crippen molar-refractivity contribution in [3.8, 4) is 0 Å². The van der Waals surface area contributed by atoms with E-state index in [2.05, 4.69) is 6.92 Å². The molecule has 0 unspecified atom stereocenters. The molecule has 2 heterocycles. The molecule has 0 radical (unpaired) electrons. The molecular weight excluding hydrogens is 362 g/mol. The lowest BCUT2D eigenvalue weighted by Crippen LogP contribution is -3.15. The van der Waals surface area contributed by atoms with Crippen LogP contribution in [0.5, 0.6) is 0 Å². The molecule has 2 aliphatic heterocycles. The molecule has 2 aliphatic rings. The highest BCUT2D eigenvalue weighted by atomic mass is 32.2.